The van der Waals surface area contributed by atoms with Crippen molar-refractivity contribution in [2.75, 3.05) is 22.9 Å². The van der Waals surface area contributed by atoms with Crippen molar-refractivity contribution in [2.24, 2.45) is 4.99 Å². The number of hydrogen-bond donors (Lipinski definition) is 4. The van der Waals surface area contributed by atoms with Gasteiger partial charge in [0, 0.05) is 29.9 Å². The summed E-state index contributed by atoms with van der Waals surface area (Å²) in [6, 6.07) is 7.60. The Morgan fingerprint density at radius 1 is 1.05 bits per heavy atom. The first-order valence-corrected chi connectivity index (χ1v) is 14.7. The van der Waals surface area contributed by atoms with E-state index in [2.05, 4.69) is 20.3 Å². The maximum absolute atomic E-state index is 13.6. The quantitative estimate of drug-likeness (QED) is 0.293. The summed E-state index contributed by atoms with van der Waals surface area (Å²) in [6.07, 6.45) is -0.409. The van der Waals surface area contributed by atoms with Gasteiger partial charge >= 0.3 is 12.1 Å². The molecule has 2 aromatic rings. The normalized spacial score (nSPS) is 15.1. The number of amidine groups is 1. The lowest BCUT2D eigenvalue weighted by Gasteiger charge is -2.16. The molecule has 0 radical (unpaired) electrons. The molecule has 9 nitrogen and oxygen atoms in total. The molecule has 40 heavy (non-hydrogen) atoms. The molecule has 1 aliphatic heterocycles. The molecular weight excluding hydrogens is 549 g/mol. The van der Waals surface area contributed by atoms with Crippen molar-refractivity contribution in [1.82, 2.24) is 4.72 Å². The molecule has 0 aliphatic carbocycles. The fraction of sp³-hybridized carbons (Fsp3) is 0.444. The van der Waals surface area contributed by atoms with E-state index in [1.807, 2.05) is 6.92 Å². The SMILES string of the molecule is CCCCS(=O)(=O)N[C@@H](Cc1ccc(NC(=O)c2cc(NC3=NCCCCC3)cc(C(F)(F)F)c2)cc1)C(=O)O. The average Bonchev–Trinajstić information content (AvgIpc) is 3.16. The molecule has 218 valence electrons. The molecule has 0 saturated carbocycles. The molecule has 1 heterocycles. The maximum atomic E-state index is 13.6. The second-order valence-electron chi connectivity index (χ2n) is 9.60. The minimum absolute atomic E-state index is 0.108. The number of rotatable bonds is 11. The first-order valence-electron chi connectivity index (χ1n) is 13.0. The number of alkyl halides is 3. The van der Waals surface area contributed by atoms with Crippen LogP contribution in [0.25, 0.3) is 0 Å². The van der Waals surface area contributed by atoms with Crippen LogP contribution in [-0.2, 0) is 27.4 Å². The molecule has 0 fully saturated rings. The number of anilines is 2. The number of halogens is 3. The van der Waals surface area contributed by atoms with Crippen molar-refractivity contribution in [3.05, 3.63) is 59.2 Å². The molecule has 4 N–H and O–H groups in total. The van der Waals surface area contributed by atoms with Crippen LogP contribution >= 0.6 is 0 Å². The second kappa shape index (κ2) is 13.8. The third-order valence-corrected chi connectivity index (χ3v) is 7.69. The first-order chi connectivity index (χ1) is 18.9. The van der Waals surface area contributed by atoms with Gasteiger partial charge in [-0.15, -0.1) is 0 Å². The average molecular weight is 583 g/mol. The van der Waals surface area contributed by atoms with Gasteiger partial charge in [0.15, 0.2) is 0 Å². The molecule has 1 atom stereocenters. The summed E-state index contributed by atoms with van der Waals surface area (Å²) in [5, 5.41) is 14.9. The summed E-state index contributed by atoms with van der Waals surface area (Å²) >= 11 is 0. The molecule has 1 amide bonds. The third-order valence-electron chi connectivity index (χ3n) is 6.22. The number of unbranched alkanes of at least 4 members (excludes halogenated alkanes) is 1. The van der Waals surface area contributed by atoms with Crippen molar-refractivity contribution in [3.63, 3.8) is 0 Å². The van der Waals surface area contributed by atoms with Crippen LogP contribution in [0.5, 0.6) is 0 Å². The molecule has 2 aromatic carbocycles. The fourth-order valence-electron chi connectivity index (χ4n) is 4.09. The van der Waals surface area contributed by atoms with E-state index in [4.69, 9.17) is 0 Å². The van der Waals surface area contributed by atoms with Gasteiger partial charge < -0.3 is 15.7 Å². The van der Waals surface area contributed by atoms with Crippen LogP contribution in [0.3, 0.4) is 0 Å². The number of sulfonamides is 1. The molecule has 0 unspecified atom stereocenters. The van der Waals surface area contributed by atoms with E-state index >= 15 is 0 Å². The number of benzene rings is 2. The van der Waals surface area contributed by atoms with E-state index in [1.165, 1.54) is 30.3 Å². The van der Waals surface area contributed by atoms with Gasteiger partial charge in [-0.2, -0.15) is 13.2 Å². The van der Waals surface area contributed by atoms with Crippen LogP contribution in [0.1, 0.15) is 66.9 Å². The zero-order valence-corrected chi connectivity index (χ0v) is 22.9. The van der Waals surface area contributed by atoms with Gasteiger partial charge in [0.2, 0.25) is 10.0 Å². The standard InChI is InChI=1S/C27H33F3N4O5S/c1-2-3-13-40(38,39)34-23(26(36)37)14-18-8-10-21(11-9-18)33-25(35)19-15-20(27(28,29)30)17-22(16-19)32-24-7-5-4-6-12-31-24/h8-11,15-17,23,34H,2-7,12-14H2,1H3,(H,31,32)(H,33,35)(H,36,37)/t23-/m0/s1. The Kier molecular flexibility index (Phi) is 10.7. The van der Waals surface area contributed by atoms with Gasteiger partial charge in [-0.1, -0.05) is 31.9 Å². The van der Waals surface area contributed by atoms with Crippen LogP contribution in [0.15, 0.2) is 47.5 Å². The van der Waals surface area contributed by atoms with Crippen LogP contribution in [0.4, 0.5) is 24.5 Å². The lowest BCUT2D eigenvalue weighted by Crippen LogP contribution is -2.43. The highest BCUT2D eigenvalue weighted by Crippen LogP contribution is 2.32. The van der Waals surface area contributed by atoms with E-state index in [9.17, 15) is 36.3 Å². The van der Waals surface area contributed by atoms with Crippen LogP contribution in [0.2, 0.25) is 0 Å². The number of carbonyl (C=O) groups is 2. The van der Waals surface area contributed by atoms with E-state index in [0.29, 0.717) is 37.2 Å². The number of carbonyl (C=O) groups excluding carboxylic acids is 1. The highest BCUT2D eigenvalue weighted by molar-refractivity contribution is 7.89. The number of aliphatic carboxylic acids is 1. The smallest absolute Gasteiger partial charge is 0.416 e. The number of hydrogen-bond acceptors (Lipinski definition) is 6. The van der Waals surface area contributed by atoms with Gasteiger partial charge in [-0.25, -0.2) is 13.1 Å². The second-order valence-corrected chi connectivity index (χ2v) is 11.5. The monoisotopic (exact) mass is 582 g/mol. The van der Waals surface area contributed by atoms with Crippen molar-refractivity contribution in [3.8, 4) is 0 Å². The van der Waals surface area contributed by atoms with Crippen molar-refractivity contribution in [1.29, 1.82) is 0 Å². The van der Waals surface area contributed by atoms with Crippen molar-refractivity contribution < 1.29 is 36.3 Å². The Labute approximate surface area is 231 Å². The minimum atomic E-state index is -4.67. The van der Waals surface area contributed by atoms with Gasteiger partial charge in [-0.3, -0.25) is 14.6 Å². The van der Waals surface area contributed by atoms with Crippen LogP contribution in [0, 0.1) is 0 Å². The van der Waals surface area contributed by atoms with E-state index in [-0.39, 0.29) is 29.1 Å². The molecule has 1 aliphatic rings. The van der Waals surface area contributed by atoms with Gasteiger partial charge in [0.25, 0.3) is 5.91 Å². The maximum Gasteiger partial charge on any atom is 0.416 e. The number of nitrogens with zero attached hydrogens (tertiary/aromatic N) is 1. The Morgan fingerprint density at radius 2 is 1.77 bits per heavy atom. The van der Waals surface area contributed by atoms with E-state index < -0.39 is 39.7 Å². The third kappa shape index (κ3) is 9.63. The fourth-order valence-corrected chi connectivity index (χ4v) is 5.49. The largest absolute Gasteiger partial charge is 0.480 e. The molecule has 0 aromatic heterocycles. The van der Waals surface area contributed by atoms with Crippen LogP contribution < -0.4 is 15.4 Å². The number of amides is 1. The molecular formula is C27H33F3N4O5S. The zero-order chi connectivity index (χ0) is 29.3. The molecule has 0 saturated heterocycles. The summed E-state index contributed by atoms with van der Waals surface area (Å²) in [6.45, 7) is 2.41. The topological polar surface area (TPSA) is 137 Å². The Balaban J connectivity index is 1.73. The lowest BCUT2D eigenvalue weighted by atomic mass is 10.1. The van der Waals surface area contributed by atoms with Gasteiger partial charge in [0.1, 0.15) is 11.9 Å². The number of nitrogens with one attached hydrogen (secondary N) is 3. The molecule has 13 heteroatoms. The van der Waals surface area contributed by atoms with E-state index in [0.717, 1.165) is 31.4 Å². The van der Waals surface area contributed by atoms with Crippen molar-refractivity contribution in [2.45, 2.75) is 64.1 Å². The summed E-state index contributed by atoms with van der Waals surface area (Å²) in [5.74, 6) is -1.71. The van der Waals surface area contributed by atoms with Gasteiger partial charge in [-0.05, 0) is 61.6 Å². The molecule has 0 bridgehead atoms. The Bertz CT molecular complexity index is 1330. The number of carboxylic acids is 1. The highest BCUT2D eigenvalue weighted by Gasteiger charge is 2.32. The van der Waals surface area contributed by atoms with Gasteiger partial charge in [0.05, 0.1) is 11.3 Å². The summed E-state index contributed by atoms with van der Waals surface area (Å²) in [5.41, 5.74) is -0.323. The Morgan fingerprint density at radius 3 is 2.42 bits per heavy atom. The van der Waals surface area contributed by atoms with Crippen molar-refractivity contribution >= 4 is 39.1 Å². The predicted octanol–water partition coefficient (Wildman–Crippen LogP) is 5.06. The summed E-state index contributed by atoms with van der Waals surface area (Å²) in [4.78, 5) is 28.9. The minimum Gasteiger partial charge on any atom is -0.480 e. The molecule has 0 spiro atoms. The molecule has 3 rings (SSSR count). The van der Waals surface area contributed by atoms with Crippen LogP contribution in [-0.4, -0.2) is 49.6 Å². The number of aliphatic imine (C=N–C) groups is 1. The lowest BCUT2D eigenvalue weighted by molar-refractivity contribution is -0.139. The first kappa shape index (κ1) is 31.1. The summed E-state index contributed by atoms with van der Waals surface area (Å²) < 4.78 is 67.2. The number of carboxylic acid groups (broad SMARTS) is 1. The van der Waals surface area contributed by atoms with E-state index in [1.54, 1.807) is 0 Å². The highest BCUT2D eigenvalue weighted by atomic mass is 32.2. The Hall–Kier alpha value is -3.45. The zero-order valence-electron chi connectivity index (χ0n) is 22.1. The summed E-state index contributed by atoms with van der Waals surface area (Å²) in [7, 11) is -3.77. The predicted molar refractivity (Wildman–Crippen MR) is 147 cm³/mol.